The molecule has 3 aromatic rings. The van der Waals surface area contributed by atoms with Crippen LogP contribution in [0.15, 0.2) is 60.7 Å². The second-order valence-corrected chi connectivity index (χ2v) is 5.32. The summed E-state index contributed by atoms with van der Waals surface area (Å²) in [6, 6.07) is 16.8. The Morgan fingerprint density at radius 1 is 0.960 bits per heavy atom. The highest BCUT2D eigenvalue weighted by molar-refractivity contribution is 6.03. The zero-order valence-corrected chi connectivity index (χ0v) is 13.1. The summed E-state index contributed by atoms with van der Waals surface area (Å²) in [5.41, 5.74) is 0.357. The number of nitrogens with one attached hydrogen (secondary N) is 1. The lowest BCUT2D eigenvalue weighted by molar-refractivity contribution is -0.118. The first-order chi connectivity index (χ1) is 12.1. The lowest BCUT2D eigenvalue weighted by atomic mass is 10.0. The number of fused-ring (bicyclic) bond motifs is 1. The van der Waals surface area contributed by atoms with E-state index < -0.39 is 5.97 Å². The maximum absolute atomic E-state index is 12.0. The van der Waals surface area contributed by atoms with Crippen LogP contribution >= 0.6 is 0 Å². The second kappa shape index (κ2) is 6.92. The summed E-state index contributed by atoms with van der Waals surface area (Å²) in [7, 11) is 0. The molecule has 0 spiro atoms. The van der Waals surface area contributed by atoms with Gasteiger partial charge in [0.1, 0.15) is 17.1 Å². The van der Waals surface area contributed by atoms with Gasteiger partial charge in [0.05, 0.1) is 0 Å². The Balaban J connectivity index is 1.84. The first-order valence-electron chi connectivity index (χ1n) is 7.52. The molecule has 0 atom stereocenters. The van der Waals surface area contributed by atoms with Gasteiger partial charge in [0.2, 0.25) is 0 Å². The van der Waals surface area contributed by atoms with Crippen molar-refractivity contribution in [2.45, 2.75) is 0 Å². The number of carbonyl (C=O) groups is 2. The number of benzene rings is 3. The van der Waals surface area contributed by atoms with Crippen LogP contribution in [0.1, 0.15) is 10.4 Å². The number of carboxylic acids is 1. The molecule has 0 saturated carbocycles. The Bertz CT molecular complexity index is 937. The third-order valence-corrected chi connectivity index (χ3v) is 3.62. The van der Waals surface area contributed by atoms with E-state index in [1.54, 1.807) is 48.5 Å². The van der Waals surface area contributed by atoms with Crippen LogP contribution in [0.3, 0.4) is 0 Å². The number of carbonyl (C=O) groups excluding carboxylic acids is 1. The van der Waals surface area contributed by atoms with Crippen LogP contribution in [-0.4, -0.2) is 28.7 Å². The molecule has 0 aromatic heterocycles. The molecule has 0 aliphatic heterocycles. The summed E-state index contributed by atoms with van der Waals surface area (Å²) in [5, 5.41) is 22.9. The molecule has 3 N–H and O–H groups in total. The van der Waals surface area contributed by atoms with Crippen molar-refractivity contribution in [3.8, 4) is 11.5 Å². The topological polar surface area (TPSA) is 95.9 Å². The molecule has 0 fully saturated rings. The van der Waals surface area contributed by atoms with Crippen molar-refractivity contribution in [3.63, 3.8) is 0 Å². The van der Waals surface area contributed by atoms with Gasteiger partial charge >= 0.3 is 5.97 Å². The van der Waals surface area contributed by atoms with Crippen LogP contribution in [0.25, 0.3) is 10.8 Å². The molecule has 0 aliphatic carbocycles. The number of rotatable bonds is 5. The minimum atomic E-state index is -1.28. The minimum Gasteiger partial charge on any atom is -0.506 e. The van der Waals surface area contributed by atoms with Crippen molar-refractivity contribution in [2.24, 2.45) is 0 Å². The SMILES string of the molecule is O=C(COc1cc(C(=O)O)c(O)c2ccccc12)Nc1ccccc1. The number of anilines is 1. The number of ether oxygens (including phenoxy) is 1. The van der Waals surface area contributed by atoms with Crippen molar-refractivity contribution < 1.29 is 24.5 Å². The van der Waals surface area contributed by atoms with Gasteiger partial charge in [-0.1, -0.05) is 42.5 Å². The maximum atomic E-state index is 12.0. The van der Waals surface area contributed by atoms with Gasteiger partial charge in [-0.3, -0.25) is 4.79 Å². The van der Waals surface area contributed by atoms with E-state index >= 15 is 0 Å². The summed E-state index contributed by atoms with van der Waals surface area (Å²) in [6.07, 6.45) is 0. The van der Waals surface area contributed by atoms with E-state index in [0.717, 1.165) is 0 Å². The zero-order chi connectivity index (χ0) is 17.8. The molecule has 25 heavy (non-hydrogen) atoms. The lowest BCUT2D eigenvalue weighted by Gasteiger charge is -2.12. The van der Waals surface area contributed by atoms with Crippen LogP contribution in [0.2, 0.25) is 0 Å². The normalized spacial score (nSPS) is 10.4. The molecule has 0 heterocycles. The summed E-state index contributed by atoms with van der Waals surface area (Å²) >= 11 is 0. The lowest BCUT2D eigenvalue weighted by Crippen LogP contribution is -2.20. The van der Waals surface area contributed by atoms with E-state index in [9.17, 15) is 19.8 Å². The van der Waals surface area contributed by atoms with E-state index in [4.69, 9.17) is 4.74 Å². The molecular weight excluding hydrogens is 322 g/mol. The number of aromatic carboxylic acids is 1. The van der Waals surface area contributed by atoms with Gasteiger partial charge in [-0.05, 0) is 18.2 Å². The molecule has 1 amide bonds. The van der Waals surface area contributed by atoms with E-state index in [1.807, 2.05) is 6.07 Å². The highest BCUT2D eigenvalue weighted by Crippen LogP contribution is 2.36. The molecule has 3 aromatic carbocycles. The van der Waals surface area contributed by atoms with E-state index in [-0.39, 0.29) is 29.6 Å². The predicted octanol–water partition coefficient (Wildman–Crippen LogP) is 3.26. The van der Waals surface area contributed by atoms with Crippen LogP contribution < -0.4 is 10.1 Å². The quantitative estimate of drug-likeness (QED) is 0.664. The Hall–Kier alpha value is -3.54. The van der Waals surface area contributed by atoms with Gasteiger partial charge in [0.25, 0.3) is 5.91 Å². The van der Waals surface area contributed by atoms with Gasteiger partial charge in [-0.2, -0.15) is 0 Å². The molecule has 0 aliphatic rings. The maximum Gasteiger partial charge on any atom is 0.339 e. The van der Waals surface area contributed by atoms with Gasteiger partial charge < -0.3 is 20.3 Å². The number of hydrogen-bond acceptors (Lipinski definition) is 4. The first kappa shape index (κ1) is 16.3. The van der Waals surface area contributed by atoms with Crippen LogP contribution in [0.5, 0.6) is 11.5 Å². The van der Waals surface area contributed by atoms with Crippen molar-refractivity contribution in [3.05, 3.63) is 66.2 Å². The largest absolute Gasteiger partial charge is 0.506 e. The fourth-order valence-electron chi connectivity index (χ4n) is 2.47. The zero-order valence-electron chi connectivity index (χ0n) is 13.1. The van der Waals surface area contributed by atoms with Crippen molar-refractivity contribution in [2.75, 3.05) is 11.9 Å². The molecule has 6 nitrogen and oxygen atoms in total. The number of phenols is 1. The summed E-state index contributed by atoms with van der Waals surface area (Å²) in [5.74, 6) is -1.76. The average Bonchev–Trinajstić information content (AvgIpc) is 2.62. The fourth-order valence-corrected chi connectivity index (χ4v) is 2.47. The number of carboxylic acid groups (broad SMARTS) is 1. The fraction of sp³-hybridized carbons (Fsp3) is 0.0526. The van der Waals surface area contributed by atoms with Crippen molar-refractivity contribution in [1.82, 2.24) is 0 Å². The number of para-hydroxylation sites is 1. The summed E-state index contributed by atoms with van der Waals surface area (Å²) in [6.45, 7) is -0.289. The first-order valence-corrected chi connectivity index (χ1v) is 7.52. The monoisotopic (exact) mass is 337 g/mol. The standard InChI is InChI=1S/C19H15NO5/c21-17(20-12-6-2-1-3-7-12)11-25-16-10-15(19(23)24)18(22)14-9-5-4-8-13(14)16/h1-10,22H,11H2,(H,20,21)(H,23,24). The molecular formula is C19H15NO5. The van der Waals surface area contributed by atoms with Crippen LogP contribution in [-0.2, 0) is 4.79 Å². The van der Waals surface area contributed by atoms with Gasteiger partial charge in [-0.15, -0.1) is 0 Å². The van der Waals surface area contributed by atoms with Crippen molar-refractivity contribution >= 4 is 28.3 Å². The minimum absolute atomic E-state index is 0.217. The number of amides is 1. The Morgan fingerprint density at radius 3 is 2.28 bits per heavy atom. The third kappa shape index (κ3) is 3.53. The Morgan fingerprint density at radius 2 is 1.60 bits per heavy atom. The second-order valence-electron chi connectivity index (χ2n) is 5.32. The van der Waals surface area contributed by atoms with Gasteiger partial charge in [0, 0.05) is 16.5 Å². The van der Waals surface area contributed by atoms with Crippen LogP contribution in [0, 0.1) is 0 Å². The Labute approximate surface area is 143 Å². The highest BCUT2D eigenvalue weighted by Gasteiger charge is 2.17. The third-order valence-electron chi connectivity index (χ3n) is 3.62. The Kier molecular flexibility index (Phi) is 4.52. The summed E-state index contributed by atoms with van der Waals surface area (Å²) in [4.78, 5) is 23.3. The predicted molar refractivity (Wildman–Crippen MR) is 93.1 cm³/mol. The molecule has 3 rings (SSSR count). The molecule has 126 valence electrons. The van der Waals surface area contributed by atoms with Crippen LogP contribution in [0.4, 0.5) is 5.69 Å². The molecule has 6 heteroatoms. The molecule has 0 unspecified atom stereocenters. The van der Waals surface area contributed by atoms with E-state index in [1.165, 1.54) is 6.07 Å². The van der Waals surface area contributed by atoms with E-state index in [0.29, 0.717) is 16.5 Å². The molecule has 0 bridgehead atoms. The number of hydrogen-bond donors (Lipinski definition) is 3. The van der Waals surface area contributed by atoms with Crippen molar-refractivity contribution in [1.29, 1.82) is 0 Å². The highest BCUT2D eigenvalue weighted by atomic mass is 16.5. The van der Waals surface area contributed by atoms with Gasteiger partial charge in [0.15, 0.2) is 6.61 Å². The number of aromatic hydroxyl groups is 1. The molecule has 0 radical (unpaired) electrons. The van der Waals surface area contributed by atoms with E-state index in [2.05, 4.69) is 5.32 Å². The molecule has 0 saturated heterocycles. The smallest absolute Gasteiger partial charge is 0.339 e. The van der Waals surface area contributed by atoms with Gasteiger partial charge in [-0.25, -0.2) is 4.79 Å². The average molecular weight is 337 g/mol. The summed E-state index contributed by atoms with van der Waals surface area (Å²) < 4.78 is 5.51.